The molecule has 2 bridgehead atoms. The van der Waals surface area contributed by atoms with Crippen LogP contribution in [0.4, 0.5) is 13.2 Å². The van der Waals surface area contributed by atoms with Crippen LogP contribution in [0.1, 0.15) is 71.5 Å². The maximum Gasteiger partial charge on any atom is 0.416 e. The second-order valence-corrected chi connectivity index (χ2v) is 9.66. The normalized spacial score (nSPS) is 27.4. The van der Waals surface area contributed by atoms with Gasteiger partial charge in [0.2, 0.25) is 0 Å². The number of halogens is 3. The zero-order valence-electron chi connectivity index (χ0n) is 18.9. The van der Waals surface area contributed by atoms with Gasteiger partial charge in [0.1, 0.15) is 5.75 Å². The fourth-order valence-electron chi connectivity index (χ4n) is 5.99. The quantitative estimate of drug-likeness (QED) is 0.646. The average molecular weight is 459 g/mol. The van der Waals surface area contributed by atoms with Crippen molar-refractivity contribution in [3.05, 3.63) is 64.7 Å². The molecule has 2 aliphatic heterocycles. The summed E-state index contributed by atoms with van der Waals surface area (Å²) in [5.41, 5.74) is 0.345. The molecule has 0 aromatic heterocycles. The maximum atomic E-state index is 13.9. The smallest absolute Gasteiger partial charge is 0.416 e. The number of likely N-dealkylation sites (N-methyl/N-ethyl adjacent to an activating group) is 1. The van der Waals surface area contributed by atoms with Crippen molar-refractivity contribution < 1.29 is 22.7 Å². The number of fused-ring (bicyclic) bond motifs is 2. The fraction of sp³-hybridized carbons (Fsp3) is 0.500. The van der Waals surface area contributed by atoms with Gasteiger partial charge in [-0.15, -0.1) is 0 Å². The summed E-state index contributed by atoms with van der Waals surface area (Å²) in [6.45, 7) is 0. The monoisotopic (exact) mass is 458 g/mol. The molecule has 2 saturated heterocycles. The predicted molar refractivity (Wildman–Crippen MR) is 119 cm³/mol. The lowest BCUT2D eigenvalue weighted by Crippen LogP contribution is -2.61. The standard InChI is InChI=1S/C26H29F3N2O2/c1-31-19-10-11-22(31)25(13-12-19,17-6-4-3-5-7-17)30-24(32)23-20(16-8-9-16)14-18(26(27,28)29)15-21(23)33-2/h3-7,14-16,19,22H,8-13H2,1-2H3,(H,30,32)/t19-,22+,25+/m0/s1. The molecule has 1 amide bonds. The summed E-state index contributed by atoms with van der Waals surface area (Å²) < 4.78 is 46.0. The summed E-state index contributed by atoms with van der Waals surface area (Å²) in [5, 5.41) is 3.34. The van der Waals surface area contributed by atoms with Gasteiger partial charge in [-0.1, -0.05) is 30.3 Å². The lowest BCUT2D eigenvalue weighted by Gasteiger charge is -2.48. The third-order valence-electron chi connectivity index (χ3n) is 7.83. The number of methoxy groups -OCH3 is 1. The Labute approximate surface area is 192 Å². The Kier molecular flexibility index (Phi) is 5.43. The van der Waals surface area contributed by atoms with Gasteiger partial charge < -0.3 is 10.1 Å². The Morgan fingerprint density at radius 3 is 2.45 bits per heavy atom. The van der Waals surface area contributed by atoms with Crippen LogP contribution in [0.3, 0.4) is 0 Å². The van der Waals surface area contributed by atoms with Crippen LogP contribution in [-0.4, -0.2) is 37.0 Å². The molecule has 3 fully saturated rings. The van der Waals surface area contributed by atoms with Crippen LogP contribution in [0.5, 0.6) is 5.75 Å². The van der Waals surface area contributed by atoms with E-state index >= 15 is 0 Å². The van der Waals surface area contributed by atoms with Crippen molar-refractivity contribution in [2.75, 3.05) is 14.2 Å². The molecule has 3 atom stereocenters. The molecule has 1 N–H and O–H groups in total. The summed E-state index contributed by atoms with van der Waals surface area (Å²) >= 11 is 0. The fourth-order valence-corrected chi connectivity index (χ4v) is 5.99. The van der Waals surface area contributed by atoms with Gasteiger partial charge in [0.15, 0.2) is 0 Å². The number of hydrogen-bond acceptors (Lipinski definition) is 3. The first-order chi connectivity index (χ1) is 15.7. The number of hydrogen-bond donors (Lipinski definition) is 1. The van der Waals surface area contributed by atoms with Crippen LogP contribution in [0, 0.1) is 0 Å². The van der Waals surface area contributed by atoms with Gasteiger partial charge in [0.05, 0.1) is 23.8 Å². The molecule has 2 aromatic carbocycles. The number of benzene rings is 2. The van der Waals surface area contributed by atoms with Gasteiger partial charge >= 0.3 is 6.18 Å². The SMILES string of the molecule is COc1cc(C(F)(F)F)cc(C2CC2)c1C(=O)N[C@@]1(c2ccccc2)CC[C@@H]2CC[C@H]1N2C. The zero-order chi connectivity index (χ0) is 23.4. The lowest BCUT2D eigenvalue weighted by molar-refractivity contribution is -0.137. The lowest BCUT2D eigenvalue weighted by atomic mass is 9.76. The Balaban J connectivity index is 1.59. The van der Waals surface area contributed by atoms with Crippen LogP contribution in [0.25, 0.3) is 0 Å². The van der Waals surface area contributed by atoms with E-state index < -0.39 is 17.3 Å². The largest absolute Gasteiger partial charge is 0.496 e. The van der Waals surface area contributed by atoms with E-state index in [1.807, 2.05) is 30.3 Å². The highest BCUT2D eigenvalue weighted by molar-refractivity contribution is 5.99. The summed E-state index contributed by atoms with van der Waals surface area (Å²) in [6, 6.07) is 12.7. The molecule has 3 aliphatic rings. The molecule has 4 nitrogen and oxygen atoms in total. The van der Waals surface area contributed by atoms with E-state index in [1.165, 1.54) is 7.11 Å². The van der Waals surface area contributed by atoms with E-state index in [1.54, 1.807) is 0 Å². The summed E-state index contributed by atoms with van der Waals surface area (Å²) in [6.07, 6.45) is 0.871. The molecular weight excluding hydrogens is 429 g/mol. The zero-order valence-corrected chi connectivity index (χ0v) is 18.9. The van der Waals surface area contributed by atoms with Gasteiger partial charge in [0.25, 0.3) is 5.91 Å². The van der Waals surface area contributed by atoms with Crippen molar-refractivity contribution in [2.45, 2.75) is 68.2 Å². The minimum absolute atomic E-state index is 0.0131. The summed E-state index contributed by atoms with van der Waals surface area (Å²) in [7, 11) is 3.44. The first-order valence-electron chi connectivity index (χ1n) is 11.6. The van der Waals surface area contributed by atoms with Crippen molar-refractivity contribution in [1.82, 2.24) is 10.2 Å². The highest BCUT2D eigenvalue weighted by Gasteiger charge is 2.52. The minimum atomic E-state index is -4.50. The molecule has 5 rings (SSSR count). The van der Waals surface area contributed by atoms with Crippen LogP contribution in [0.2, 0.25) is 0 Å². The number of alkyl halides is 3. The average Bonchev–Trinajstić information content (AvgIpc) is 3.60. The van der Waals surface area contributed by atoms with E-state index in [0.717, 1.165) is 56.2 Å². The molecule has 7 heteroatoms. The predicted octanol–water partition coefficient (Wildman–Crippen LogP) is 5.47. The number of amides is 1. The van der Waals surface area contributed by atoms with Crippen molar-refractivity contribution in [1.29, 1.82) is 0 Å². The van der Waals surface area contributed by atoms with Gasteiger partial charge in [-0.2, -0.15) is 13.2 Å². The Hall–Kier alpha value is -2.54. The van der Waals surface area contributed by atoms with Crippen molar-refractivity contribution in [3.63, 3.8) is 0 Å². The molecule has 1 aliphatic carbocycles. The Bertz CT molecular complexity index is 1050. The second-order valence-electron chi connectivity index (χ2n) is 9.66. The topological polar surface area (TPSA) is 41.6 Å². The summed E-state index contributed by atoms with van der Waals surface area (Å²) in [5.74, 6) is -0.412. The number of nitrogens with zero attached hydrogens (tertiary/aromatic N) is 1. The number of ether oxygens (including phenoxy) is 1. The molecule has 2 heterocycles. The first-order valence-corrected chi connectivity index (χ1v) is 11.6. The van der Waals surface area contributed by atoms with E-state index in [4.69, 9.17) is 4.74 Å². The molecular formula is C26H29F3N2O2. The number of nitrogens with one attached hydrogen (secondary N) is 1. The van der Waals surface area contributed by atoms with E-state index in [2.05, 4.69) is 17.3 Å². The van der Waals surface area contributed by atoms with E-state index in [9.17, 15) is 18.0 Å². The molecule has 2 aromatic rings. The minimum Gasteiger partial charge on any atom is -0.496 e. The van der Waals surface area contributed by atoms with Gasteiger partial charge in [-0.05, 0) is 74.8 Å². The third-order valence-corrected chi connectivity index (χ3v) is 7.83. The van der Waals surface area contributed by atoms with Gasteiger partial charge in [-0.25, -0.2) is 0 Å². The summed E-state index contributed by atoms with van der Waals surface area (Å²) in [4.78, 5) is 16.2. The van der Waals surface area contributed by atoms with Crippen LogP contribution in [0.15, 0.2) is 42.5 Å². The highest BCUT2D eigenvalue weighted by Crippen LogP contribution is 2.49. The van der Waals surface area contributed by atoms with Gasteiger partial charge in [-0.3, -0.25) is 9.69 Å². The van der Waals surface area contributed by atoms with E-state index in [0.29, 0.717) is 11.6 Å². The van der Waals surface area contributed by atoms with Crippen LogP contribution < -0.4 is 10.1 Å². The van der Waals surface area contributed by atoms with Crippen molar-refractivity contribution in [2.24, 2.45) is 0 Å². The first kappa shape index (κ1) is 22.3. The molecule has 1 saturated carbocycles. The maximum absolute atomic E-state index is 13.9. The highest BCUT2D eigenvalue weighted by atomic mass is 19.4. The third kappa shape index (κ3) is 3.80. The number of carbonyl (C=O) groups is 1. The number of rotatable bonds is 5. The molecule has 33 heavy (non-hydrogen) atoms. The van der Waals surface area contributed by atoms with E-state index in [-0.39, 0.29) is 29.2 Å². The Morgan fingerprint density at radius 1 is 1.09 bits per heavy atom. The Morgan fingerprint density at radius 2 is 1.82 bits per heavy atom. The molecule has 0 unspecified atom stereocenters. The number of piperidine rings is 1. The van der Waals surface area contributed by atoms with Crippen molar-refractivity contribution >= 4 is 5.91 Å². The molecule has 0 spiro atoms. The molecule has 176 valence electrons. The van der Waals surface area contributed by atoms with Crippen LogP contribution in [-0.2, 0) is 11.7 Å². The van der Waals surface area contributed by atoms with Crippen molar-refractivity contribution in [3.8, 4) is 5.75 Å². The number of carbonyl (C=O) groups excluding carboxylic acids is 1. The van der Waals surface area contributed by atoms with Gasteiger partial charge in [0, 0.05) is 12.1 Å². The van der Waals surface area contributed by atoms with Crippen LogP contribution >= 0.6 is 0 Å². The second kappa shape index (κ2) is 8.05. The molecule has 0 radical (unpaired) electrons.